The van der Waals surface area contributed by atoms with Gasteiger partial charge in [-0.15, -0.1) is 0 Å². The molecule has 0 saturated carbocycles. The van der Waals surface area contributed by atoms with E-state index in [2.05, 4.69) is 21.5 Å². The van der Waals surface area contributed by atoms with E-state index in [9.17, 15) is 19.7 Å². The third kappa shape index (κ3) is 6.12. The number of nitrogens with one attached hydrogen (secondary N) is 4. The van der Waals surface area contributed by atoms with Crippen molar-refractivity contribution in [2.75, 3.05) is 6.54 Å². The fourth-order valence-electron chi connectivity index (χ4n) is 1.95. The molecule has 142 valence electrons. The van der Waals surface area contributed by atoms with E-state index in [1.807, 2.05) is 6.92 Å². The van der Waals surface area contributed by atoms with E-state index >= 15 is 0 Å². The molecular formula is C15H20ClN5O4S. The fraction of sp³-hybridized carbons (Fsp3) is 0.400. The second kappa shape index (κ2) is 9.88. The number of amides is 2. The number of thiocarbonyl (C=S) groups is 1. The topological polar surface area (TPSA) is 125 Å². The molecule has 1 rings (SSSR count). The summed E-state index contributed by atoms with van der Waals surface area (Å²) in [6, 6.07) is 2.79. The summed E-state index contributed by atoms with van der Waals surface area (Å²) >= 11 is 10.7. The van der Waals surface area contributed by atoms with E-state index in [4.69, 9.17) is 23.8 Å². The number of carbonyl (C=O) groups excluding carboxylic acids is 2. The largest absolute Gasteiger partial charge is 0.362 e. The average Bonchev–Trinajstić information content (AvgIpc) is 2.57. The number of nitro benzene ring substituents is 1. The number of nitrogens with zero attached hydrogens (tertiary/aromatic N) is 1. The first-order chi connectivity index (χ1) is 12.2. The number of nitro groups is 1. The predicted molar refractivity (Wildman–Crippen MR) is 102 cm³/mol. The number of hydrazine groups is 1. The molecule has 11 heteroatoms. The van der Waals surface area contributed by atoms with Crippen LogP contribution in [0.2, 0.25) is 5.02 Å². The van der Waals surface area contributed by atoms with E-state index in [1.54, 1.807) is 13.8 Å². The van der Waals surface area contributed by atoms with Crippen LogP contribution in [0.3, 0.4) is 0 Å². The smallest absolute Gasteiger partial charge is 0.288 e. The first kappa shape index (κ1) is 21.6. The van der Waals surface area contributed by atoms with E-state index < -0.39 is 22.8 Å². The van der Waals surface area contributed by atoms with Gasteiger partial charge in [-0.05, 0) is 37.2 Å². The molecule has 0 heterocycles. The van der Waals surface area contributed by atoms with Crippen LogP contribution >= 0.6 is 23.8 Å². The second-order valence-electron chi connectivity index (χ2n) is 5.59. The van der Waals surface area contributed by atoms with Crippen molar-refractivity contribution >= 4 is 46.4 Å². The summed E-state index contributed by atoms with van der Waals surface area (Å²) in [6.45, 7) is 5.93. The number of hydrogen-bond donors (Lipinski definition) is 4. The lowest BCUT2D eigenvalue weighted by molar-refractivity contribution is -0.384. The Labute approximate surface area is 161 Å². The number of rotatable bonds is 6. The number of halogens is 1. The van der Waals surface area contributed by atoms with Gasteiger partial charge >= 0.3 is 0 Å². The Bertz CT molecular complexity index is 713. The zero-order chi connectivity index (χ0) is 19.9. The van der Waals surface area contributed by atoms with Gasteiger partial charge in [0.2, 0.25) is 0 Å². The maximum absolute atomic E-state index is 12.4. The molecule has 0 aliphatic carbocycles. The summed E-state index contributed by atoms with van der Waals surface area (Å²) in [5, 5.41) is 16.5. The molecule has 0 aromatic heterocycles. The molecule has 0 bridgehead atoms. The maximum Gasteiger partial charge on any atom is 0.288 e. The third-order valence-corrected chi connectivity index (χ3v) is 3.84. The summed E-state index contributed by atoms with van der Waals surface area (Å²) in [4.78, 5) is 34.9. The first-order valence-corrected chi connectivity index (χ1v) is 8.54. The van der Waals surface area contributed by atoms with Crippen molar-refractivity contribution in [3.8, 4) is 0 Å². The molecule has 0 aliphatic rings. The first-order valence-electron chi connectivity index (χ1n) is 7.75. The highest BCUT2D eigenvalue weighted by Gasteiger charge is 2.26. The summed E-state index contributed by atoms with van der Waals surface area (Å²) < 4.78 is 0. The standard InChI is InChI=1S/C15H20ClN5O4S/c1-4-17-15(26)20-19-14(23)12(8(2)3)18-13(22)9-5-6-10(16)11(7-9)21(24)25/h5-8,12H,4H2,1-3H3,(H,18,22)(H,19,23)(H2,17,20,26)/t12-/m0/s1. The molecule has 26 heavy (non-hydrogen) atoms. The zero-order valence-electron chi connectivity index (χ0n) is 14.5. The molecule has 1 aromatic rings. The van der Waals surface area contributed by atoms with Crippen LogP contribution in [0.5, 0.6) is 0 Å². The Balaban J connectivity index is 2.85. The van der Waals surface area contributed by atoms with Gasteiger partial charge < -0.3 is 10.6 Å². The van der Waals surface area contributed by atoms with Crippen molar-refractivity contribution in [3.05, 3.63) is 38.9 Å². The second-order valence-corrected chi connectivity index (χ2v) is 6.41. The molecule has 4 N–H and O–H groups in total. The minimum atomic E-state index is -0.880. The van der Waals surface area contributed by atoms with Gasteiger partial charge in [-0.25, -0.2) is 0 Å². The van der Waals surface area contributed by atoms with Crippen LogP contribution < -0.4 is 21.5 Å². The predicted octanol–water partition coefficient (Wildman–Crippen LogP) is 1.52. The molecular weight excluding hydrogens is 382 g/mol. The quantitative estimate of drug-likeness (QED) is 0.323. The van der Waals surface area contributed by atoms with E-state index in [0.717, 1.165) is 6.07 Å². The SMILES string of the molecule is CCNC(=S)NNC(=O)[C@@H](NC(=O)c1ccc(Cl)c([N+](=O)[O-])c1)C(C)C. The van der Waals surface area contributed by atoms with Gasteiger partial charge in [0.1, 0.15) is 11.1 Å². The minimum absolute atomic E-state index is 0.0238. The lowest BCUT2D eigenvalue weighted by Gasteiger charge is -2.22. The van der Waals surface area contributed by atoms with Gasteiger partial charge in [-0.2, -0.15) is 0 Å². The van der Waals surface area contributed by atoms with Crippen LogP contribution in [0.4, 0.5) is 5.69 Å². The lowest BCUT2D eigenvalue weighted by atomic mass is 10.0. The Morgan fingerprint density at radius 3 is 2.50 bits per heavy atom. The van der Waals surface area contributed by atoms with Gasteiger partial charge in [-0.1, -0.05) is 25.4 Å². The van der Waals surface area contributed by atoms with Crippen LogP contribution in [0.15, 0.2) is 18.2 Å². The number of hydrogen-bond acceptors (Lipinski definition) is 5. The highest BCUT2D eigenvalue weighted by Crippen LogP contribution is 2.25. The summed E-state index contributed by atoms with van der Waals surface area (Å²) in [7, 11) is 0. The highest BCUT2D eigenvalue weighted by atomic mass is 35.5. The van der Waals surface area contributed by atoms with E-state index in [0.29, 0.717) is 6.54 Å². The van der Waals surface area contributed by atoms with Crippen molar-refractivity contribution in [1.82, 2.24) is 21.5 Å². The number of carbonyl (C=O) groups is 2. The van der Waals surface area contributed by atoms with Gasteiger partial charge in [0, 0.05) is 18.2 Å². The normalized spacial score (nSPS) is 11.4. The summed E-state index contributed by atoms with van der Waals surface area (Å²) in [6.07, 6.45) is 0. The van der Waals surface area contributed by atoms with E-state index in [-0.39, 0.29) is 27.3 Å². The fourth-order valence-corrected chi connectivity index (χ4v) is 2.34. The van der Waals surface area contributed by atoms with Crippen molar-refractivity contribution in [1.29, 1.82) is 0 Å². The van der Waals surface area contributed by atoms with Crippen LogP contribution in [0.25, 0.3) is 0 Å². The van der Waals surface area contributed by atoms with Crippen LogP contribution in [-0.4, -0.2) is 34.4 Å². The van der Waals surface area contributed by atoms with Crippen LogP contribution in [-0.2, 0) is 4.79 Å². The number of benzene rings is 1. The molecule has 0 aliphatic heterocycles. The van der Waals surface area contributed by atoms with Gasteiger partial charge in [0.15, 0.2) is 5.11 Å². The molecule has 2 amide bonds. The average molecular weight is 402 g/mol. The Kier molecular flexibility index (Phi) is 8.20. The van der Waals surface area contributed by atoms with Gasteiger partial charge in [0.25, 0.3) is 17.5 Å². The van der Waals surface area contributed by atoms with Gasteiger partial charge in [0.05, 0.1) is 4.92 Å². The molecule has 1 atom stereocenters. The van der Waals surface area contributed by atoms with Crippen LogP contribution in [0.1, 0.15) is 31.1 Å². The maximum atomic E-state index is 12.4. The zero-order valence-corrected chi connectivity index (χ0v) is 16.0. The third-order valence-electron chi connectivity index (χ3n) is 3.28. The Morgan fingerprint density at radius 1 is 1.31 bits per heavy atom. The minimum Gasteiger partial charge on any atom is -0.362 e. The van der Waals surface area contributed by atoms with Crippen LogP contribution in [0, 0.1) is 16.0 Å². The van der Waals surface area contributed by atoms with Crippen molar-refractivity contribution in [3.63, 3.8) is 0 Å². The highest BCUT2D eigenvalue weighted by molar-refractivity contribution is 7.80. The molecule has 1 aromatic carbocycles. The summed E-state index contributed by atoms with van der Waals surface area (Å²) in [5.74, 6) is -1.37. The van der Waals surface area contributed by atoms with Crippen molar-refractivity contribution in [2.24, 2.45) is 5.92 Å². The molecule has 9 nitrogen and oxygen atoms in total. The van der Waals surface area contributed by atoms with Crippen molar-refractivity contribution in [2.45, 2.75) is 26.8 Å². The molecule has 0 radical (unpaired) electrons. The van der Waals surface area contributed by atoms with Gasteiger partial charge in [-0.3, -0.25) is 30.6 Å². The van der Waals surface area contributed by atoms with Crippen molar-refractivity contribution < 1.29 is 14.5 Å². The van der Waals surface area contributed by atoms with E-state index in [1.165, 1.54) is 12.1 Å². The summed E-state index contributed by atoms with van der Waals surface area (Å²) in [5.41, 5.74) is 4.57. The Morgan fingerprint density at radius 2 is 1.96 bits per heavy atom. The molecule has 0 saturated heterocycles. The monoisotopic (exact) mass is 401 g/mol. The molecule has 0 spiro atoms. The molecule has 0 unspecified atom stereocenters. The molecule has 0 fully saturated rings. The Hall–Kier alpha value is -2.46. The lowest BCUT2D eigenvalue weighted by Crippen LogP contribution is -2.55.